The SMILES string of the molecule is CCCC1CCC(c2ccc3c(c2)Cc2c(F)cc(F)cc2-3)CC1. The molecule has 0 amide bonds. The van der Waals surface area contributed by atoms with E-state index < -0.39 is 11.6 Å². The van der Waals surface area contributed by atoms with Gasteiger partial charge in [-0.05, 0) is 65.8 Å². The Kier molecular flexibility index (Phi) is 4.15. The highest BCUT2D eigenvalue weighted by atomic mass is 19.1. The lowest BCUT2D eigenvalue weighted by Gasteiger charge is -2.29. The second-order valence-electron chi connectivity index (χ2n) is 7.51. The fraction of sp³-hybridized carbons (Fsp3) is 0.455. The topological polar surface area (TPSA) is 0 Å². The molecule has 0 saturated heterocycles. The van der Waals surface area contributed by atoms with Gasteiger partial charge in [0, 0.05) is 18.1 Å². The standard InChI is InChI=1S/C22H24F2/c1-2-3-14-4-6-15(7-5-14)16-8-9-19-17(10-16)11-21-20(19)12-18(23)13-22(21)24/h8-10,12-15H,2-7,11H2,1H3. The third-order valence-corrected chi connectivity index (χ3v) is 5.96. The molecule has 0 unspecified atom stereocenters. The molecule has 2 aromatic carbocycles. The molecule has 2 aliphatic carbocycles. The van der Waals surface area contributed by atoms with Crippen molar-refractivity contribution in [2.45, 2.75) is 57.8 Å². The number of halogens is 2. The highest BCUT2D eigenvalue weighted by molar-refractivity contribution is 5.77. The summed E-state index contributed by atoms with van der Waals surface area (Å²) < 4.78 is 27.6. The van der Waals surface area contributed by atoms with Crippen LogP contribution in [0.2, 0.25) is 0 Å². The molecule has 0 spiro atoms. The number of rotatable bonds is 3. The van der Waals surface area contributed by atoms with Gasteiger partial charge < -0.3 is 0 Å². The lowest BCUT2D eigenvalue weighted by molar-refractivity contribution is 0.308. The normalized spacial score (nSPS) is 22.3. The van der Waals surface area contributed by atoms with E-state index in [4.69, 9.17) is 0 Å². The van der Waals surface area contributed by atoms with Crippen molar-refractivity contribution in [2.75, 3.05) is 0 Å². The minimum Gasteiger partial charge on any atom is -0.207 e. The van der Waals surface area contributed by atoms with Crippen LogP contribution in [0, 0.1) is 17.6 Å². The zero-order valence-corrected chi connectivity index (χ0v) is 14.2. The van der Waals surface area contributed by atoms with Gasteiger partial charge in [0.25, 0.3) is 0 Å². The Morgan fingerprint density at radius 3 is 2.50 bits per heavy atom. The van der Waals surface area contributed by atoms with E-state index in [0.29, 0.717) is 17.9 Å². The summed E-state index contributed by atoms with van der Waals surface area (Å²) in [4.78, 5) is 0. The number of benzene rings is 2. The molecule has 126 valence electrons. The highest BCUT2D eigenvalue weighted by Gasteiger charge is 2.26. The van der Waals surface area contributed by atoms with Gasteiger partial charge in [0.15, 0.2) is 0 Å². The molecule has 0 N–H and O–H groups in total. The Bertz CT molecular complexity index is 755. The third-order valence-electron chi connectivity index (χ3n) is 5.96. The van der Waals surface area contributed by atoms with Crippen LogP contribution < -0.4 is 0 Å². The van der Waals surface area contributed by atoms with Crippen LogP contribution in [0.1, 0.15) is 68.1 Å². The summed E-state index contributed by atoms with van der Waals surface area (Å²) in [7, 11) is 0. The fourth-order valence-electron chi connectivity index (χ4n) is 4.68. The van der Waals surface area contributed by atoms with E-state index in [2.05, 4.69) is 25.1 Å². The first-order valence-electron chi connectivity index (χ1n) is 9.26. The van der Waals surface area contributed by atoms with Crippen LogP contribution in [0.3, 0.4) is 0 Å². The third kappa shape index (κ3) is 2.76. The summed E-state index contributed by atoms with van der Waals surface area (Å²) in [6, 6.07) is 8.98. The Hall–Kier alpha value is -1.70. The minimum absolute atomic E-state index is 0.414. The van der Waals surface area contributed by atoms with Gasteiger partial charge in [-0.25, -0.2) is 8.78 Å². The van der Waals surface area contributed by atoms with Gasteiger partial charge in [-0.3, -0.25) is 0 Å². The van der Waals surface area contributed by atoms with E-state index in [0.717, 1.165) is 28.7 Å². The van der Waals surface area contributed by atoms with Gasteiger partial charge in [0.2, 0.25) is 0 Å². The first kappa shape index (κ1) is 15.8. The van der Waals surface area contributed by atoms with Gasteiger partial charge >= 0.3 is 0 Å². The molecule has 0 atom stereocenters. The summed E-state index contributed by atoms with van der Waals surface area (Å²) in [5.74, 6) is 0.635. The number of fused-ring (bicyclic) bond motifs is 3. The minimum atomic E-state index is -0.488. The van der Waals surface area contributed by atoms with Crippen molar-refractivity contribution in [3.8, 4) is 11.1 Å². The molecular weight excluding hydrogens is 302 g/mol. The maximum Gasteiger partial charge on any atom is 0.130 e. The van der Waals surface area contributed by atoms with E-state index in [-0.39, 0.29) is 0 Å². The van der Waals surface area contributed by atoms with Crippen LogP contribution in [0.25, 0.3) is 11.1 Å². The molecule has 0 heterocycles. The molecule has 0 aliphatic heterocycles. The first-order valence-corrected chi connectivity index (χ1v) is 9.26. The van der Waals surface area contributed by atoms with Crippen LogP contribution in [0.15, 0.2) is 30.3 Å². The van der Waals surface area contributed by atoms with E-state index in [1.807, 2.05) is 0 Å². The summed E-state index contributed by atoms with van der Waals surface area (Å²) >= 11 is 0. The van der Waals surface area contributed by atoms with Gasteiger partial charge in [-0.1, -0.05) is 38.0 Å². The Labute approximate surface area is 142 Å². The maximum atomic E-state index is 14.0. The highest BCUT2D eigenvalue weighted by Crippen LogP contribution is 2.42. The molecule has 2 aromatic rings. The monoisotopic (exact) mass is 326 g/mol. The van der Waals surface area contributed by atoms with Crippen molar-refractivity contribution < 1.29 is 8.78 Å². The van der Waals surface area contributed by atoms with Crippen LogP contribution in [0.5, 0.6) is 0 Å². The zero-order chi connectivity index (χ0) is 16.7. The molecule has 0 bridgehead atoms. The van der Waals surface area contributed by atoms with E-state index in [1.165, 1.54) is 50.2 Å². The van der Waals surface area contributed by atoms with E-state index in [1.54, 1.807) is 0 Å². The van der Waals surface area contributed by atoms with E-state index >= 15 is 0 Å². The average Bonchev–Trinajstić information content (AvgIpc) is 2.94. The van der Waals surface area contributed by atoms with Crippen molar-refractivity contribution in [1.82, 2.24) is 0 Å². The average molecular weight is 326 g/mol. The summed E-state index contributed by atoms with van der Waals surface area (Å²) in [6.07, 6.45) is 8.42. The van der Waals surface area contributed by atoms with Gasteiger partial charge in [0.05, 0.1) is 0 Å². The van der Waals surface area contributed by atoms with Crippen molar-refractivity contribution >= 4 is 0 Å². The Morgan fingerprint density at radius 1 is 0.958 bits per heavy atom. The summed E-state index contributed by atoms with van der Waals surface area (Å²) in [5.41, 5.74) is 4.93. The molecule has 2 aliphatic rings. The van der Waals surface area contributed by atoms with Crippen LogP contribution in [0.4, 0.5) is 8.78 Å². The quantitative estimate of drug-likeness (QED) is 0.508. The first-order chi connectivity index (χ1) is 11.7. The lowest BCUT2D eigenvalue weighted by Crippen LogP contribution is -2.13. The molecule has 4 rings (SSSR count). The van der Waals surface area contributed by atoms with Crippen LogP contribution >= 0.6 is 0 Å². The van der Waals surface area contributed by atoms with Crippen molar-refractivity contribution in [1.29, 1.82) is 0 Å². The van der Waals surface area contributed by atoms with Crippen LogP contribution in [-0.4, -0.2) is 0 Å². The van der Waals surface area contributed by atoms with Gasteiger partial charge in [-0.2, -0.15) is 0 Å². The molecule has 24 heavy (non-hydrogen) atoms. The molecule has 2 heteroatoms. The molecule has 0 aromatic heterocycles. The molecule has 0 nitrogen and oxygen atoms in total. The van der Waals surface area contributed by atoms with Gasteiger partial charge in [0.1, 0.15) is 11.6 Å². The van der Waals surface area contributed by atoms with Crippen molar-refractivity contribution in [3.05, 3.63) is 58.7 Å². The Morgan fingerprint density at radius 2 is 1.75 bits per heavy atom. The Balaban J connectivity index is 1.57. The van der Waals surface area contributed by atoms with Crippen molar-refractivity contribution in [2.24, 2.45) is 5.92 Å². The largest absolute Gasteiger partial charge is 0.207 e. The molecule has 1 fully saturated rings. The predicted octanol–water partition coefficient (Wildman–Crippen LogP) is 6.61. The second-order valence-corrected chi connectivity index (χ2v) is 7.51. The molecular formula is C22H24F2. The smallest absolute Gasteiger partial charge is 0.130 e. The summed E-state index contributed by atoms with van der Waals surface area (Å²) in [5, 5.41) is 0. The number of hydrogen-bond acceptors (Lipinski definition) is 0. The predicted molar refractivity (Wildman–Crippen MR) is 94.2 cm³/mol. The molecule has 0 radical (unpaired) electrons. The van der Waals surface area contributed by atoms with E-state index in [9.17, 15) is 8.78 Å². The zero-order valence-electron chi connectivity index (χ0n) is 14.2. The van der Waals surface area contributed by atoms with Crippen LogP contribution in [-0.2, 0) is 6.42 Å². The summed E-state index contributed by atoms with van der Waals surface area (Å²) in [6.45, 7) is 2.27. The second kappa shape index (κ2) is 6.31. The van der Waals surface area contributed by atoms with Gasteiger partial charge in [-0.15, -0.1) is 0 Å². The number of hydrogen-bond donors (Lipinski definition) is 0. The van der Waals surface area contributed by atoms with Crippen molar-refractivity contribution in [3.63, 3.8) is 0 Å². The maximum absolute atomic E-state index is 14.0. The molecule has 1 saturated carbocycles. The fourth-order valence-corrected chi connectivity index (χ4v) is 4.68. The lowest BCUT2D eigenvalue weighted by atomic mass is 9.77.